The van der Waals surface area contributed by atoms with Gasteiger partial charge in [0.2, 0.25) is 0 Å². The normalized spacial score (nSPS) is 15.2. The van der Waals surface area contributed by atoms with Crippen molar-refractivity contribution in [3.05, 3.63) is 5.82 Å². The molecule has 0 saturated heterocycles. The molecule has 0 spiro atoms. The highest BCUT2D eigenvalue weighted by atomic mass is 16.5. The van der Waals surface area contributed by atoms with Gasteiger partial charge < -0.3 is 10.1 Å². The van der Waals surface area contributed by atoms with Crippen LogP contribution in [0.3, 0.4) is 0 Å². The van der Waals surface area contributed by atoms with E-state index < -0.39 is 0 Å². The third-order valence-corrected chi connectivity index (χ3v) is 2.41. The molecule has 0 aromatic carbocycles. The Labute approximate surface area is 90.0 Å². The van der Waals surface area contributed by atoms with E-state index in [1.54, 1.807) is 14.2 Å². The predicted octanol–water partition coefficient (Wildman–Crippen LogP) is -0.234. The molecule has 1 aromatic heterocycles. The number of nitrogens with one attached hydrogen (secondary N) is 1. The average molecular weight is 213 g/mol. The topological polar surface area (TPSA) is 64.9 Å². The number of tetrazole rings is 1. The Balaban J connectivity index is 2.46. The fraction of sp³-hybridized carbons (Fsp3) is 0.889. The minimum Gasteiger partial charge on any atom is -0.382 e. The number of hydrogen-bond acceptors (Lipinski definition) is 5. The van der Waals surface area contributed by atoms with Crippen LogP contribution < -0.4 is 5.32 Å². The van der Waals surface area contributed by atoms with Crippen LogP contribution in [0.1, 0.15) is 19.2 Å². The molecule has 1 aromatic rings. The second-order valence-corrected chi connectivity index (χ2v) is 3.67. The Kier molecular flexibility index (Phi) is 4.64. The molecule has 2 unspecified atom stereocenters. The van der Waals surface area contributed by atoms with Crippen molar-refractivity contribution in [3.8, 4) is 0 Å². The minimum absolute atomic E-state index is 0.235. The number of hydrogen-bond donors (Lipinski definition) is 1. The number of nitrogens with zero attached hydrogens (tertiary/aromatic N) is 4. The van der Waals surface area contributed by atoms with E-state index in [4.69, 9.17) is 4.74 Å². The Morgan fingerprint density at radius 2 is 2.27 bits per heavy atom. The number of aryl methyl sites for hydroxylation is 1. The predicted molar refractivity (Wildman–Crippen MR) is 56.4 cm³/mol. The second-order valence-electron chi connectivity index (χ2n) is 3.67. The van der Waals surface area contributed by atoms with Gasteiger partial charge in [-0.2, -0.15) is 4.80 Å². The van der Waals surface area contributed by atoms with Gasteiger partial charge in [0, 0.05) is 19.6 Å². The smallest absolute Gasteiger partial charge is 0.176 e. The number of aromatic nitrogens is 4. The first-order chi connectivity index (χ1) is 7.15. The van der Waals surface area contributed by atoms with Crippen LogP contribution in [0.25, 0.3) is 0 Å². The summed E-state index contributed by atoms with van der Waals surface area (Å²) in [7, 11) is 5.42. The second kappa shape index (κ2) is 5.77. The lowest BCUT2D eigenvalue weighted by Crippen LogP contribution is -2.32. The van der Waals surface area contributed by atoms with Gasteiger partial charge in [-0.3, -0.25) is 0 Å². The number of methoxy groups -OCH3 is 1. The van der Waals surface area contributed by atoms with Gasteiger partial charge in [0.25, 0.3) is 0 Å². The van der Waals surface area contributed by atoms with Gasteiger partial charge in [0.05, 0.1) is 13.2 Å². The van der Waals surface area contributed by atoms with E-state index in [0.29, 0.717) is 6.04 Å². The van der Waals surface area contributed by atoms with Crippen molar-refractivity contribution in [1.29, 1.82) is 0 Å². The summed E-state index contributed by atoms with van der Waals surface area (Å²) in [4.78, 5) is 1.47. The molecule has 1 rings (SSSR count). The molecule has 6 nitrogen and oxygen atoms in total. The van der Waals surface area contributed by atoms with Crippen LogP contribution in [-0.4, -0.2) is 46.5 Å². The first-order valence-electron chi connectivity index (χ1n) is 5.08. The maximum Gasteiger partial charge on any atom is 0.176 e. The summed E-state index contributed by atoms with van der Waals surface area (Å²) < 4.78 is 5.22. The lowest BCUT2D eigenvalue weighted by molar-refractivity contribution is 0.101. The molecule has 0 saturated carbocycles. The summed E-state index contributed by atoms with van der Waals surface area (Å²) in [6, 6.07) is 0.323. The van der Waals surface area contributed by atoms with Gasteiger partial charge in [-0.05, 0) is 25.6 Å². The zero-order valence-corrected chi connectivity index (χ0v) is 9.77. The molecule has 0 aliphatic carbocycles. The summed E-state index contributed by atoms with van der Waals surface area (Å²) in [6.45, 7) is 2.05. The largest absolute Gasteiger partial charge is 0.382 e. The van der Waals surface area contributed by atoms with Crippen LogP contribution in [0, 0.1) is 0 Å². The van der Waals surface area contributed by atoms with Gasteiger partial charge in [0.15, 0.2) is 5.82 Å². The van der Waals surface area contributed by atoms with Crippen molar-refractivity contribution in [2.75, 3.05) is 14.2 Å². The van der Waals surface area contributed by atoms with Gasteiger partial charge in [-0.25, -0.2) is 0 Å². The molecule has 0 radical (unpaired) electrons. The summed E-state index contributed by atoms with van der Waals surface area (Å²) in [5.41, 5.74) is 0. The Bertz CT molecular complexity index is 288. The molecule has 2 atom stereocenters. The Hall–Kier alpha value is -1.01. The molecule has 6 heteroatoms. The maximum absolute atomic E-state index is 5.22. The van der Waals surface area contributed by atoms with Gasteiger partial charge in [-0.15, -0.1) is 10.2 Å². The first-order valence-corrected chi connectivity index (χ1v) is 5.08. The van der Waals surface area contributed by atoms with E-state index in [0.717, 1.165) is 18.7 Å². The molecule has 86 valence electrons. The van der Waals surface area contributed by atoms with Crippen molar-refractivity contribution in [2.45, 2.75) is 31.9 Å². The van der Waals surface area contributed by atoms with E-state index >= 15 is 0 Å². The van der Waals surface area contributed by atoms with Crippen molar-refractivity contribution in [1.82, 2.24) is 25.5 Å². The summed E-state index contributed by atoms with van der Waals surface area (Å²) in [5, 5.41) is 15.1. The number of likely N-dealkylation sites (N-methyl/N-ethyl adjacent to an activating group) is 1. The third-order valence-electron chi connectivity index (χ3n) is 2.41. The monoisotopic (exact) mass is 213 g/mol. The highest BCUT2D eigenvalue weighted by Crippen LogP contribution is 2.05. The molecular formula is C9H19N5O. The average Bonchev–Trinajstić information content (AvgIpc) is 2.62. The van der Waals surface area contributed by atoms with Gasteiger partial charge in [-0.1, -0.05) is 0 Å². The Morgan fingerprint density at radius 3 is 2.73 bits per heavy atom. The summed E-state index contributed by atoms with van der Waals surface area (Å²) in [6.07, 6.45) is 1.95. The van der Waals surface area contributed by atoms with Crippen LogP contribution in [0.2, 0.25) is 0 Å². The van der Waals surface area contributed by atoms with Gasteiger partial charge >= 0.3 is 0 Å². The molecule has 0 aliphatic heterocycles. The van der Waals surface area contributed by atoms with E-state index in [1.807, 2.05) is 7.05 Å². The Morgan fingerprint density at radius 1 is 1.53 bits per heavy atom. The quantitative estimate of drug-likeness (QED) is 0.707. The maximum atomic E-state index is 5.22. The van der Waals surface area contributed by atoms with E-state index in [-0.39, 0.29) is 6.10 Å². The van der Waals surface area contributed by atoms with E-state index in [2.05, 4.69) is 27.7 Å². The highest BCUT2D eigenvalue weighted by Gasteiger charge is 2.14. The fourth-order valence-corrected chi connectivity index (χ4v) is 1.43. The molecule has 0 fully saturated rings. The van der Waals surface area contributed by atoms with Crippen molar-refractivity contribution in [3.63, 3.8) is 0 Å². The van der Waals surface area contributed by atoms with Crippen LogP contribution in [0.5, 0.6) is 0 Å². The van der Waals surface area contributed by atoms with E-state index in [1.165, 1.54) is 4.80 Å². The SMILES string of the molecule is CNC(Cc1nnn(C)n1)CC(C)OC. The zero-order valence-electron chi connectivity index (χ0n) is 9.77. The van der Waals surface area contributed by atoms with Gasteiger partial charge in [0.1, 0.15) is 0 Å². The molecule has 1 heterocycles. The fourth-order valence-electron chi connectivity index (χ4n) is 1.43. The van der Waals surface area contributed by atoms with E-state index in [9.17, 15) is 0 Å². The molecular weight excluding hydrogens is 194 g/mol. The lowest BCUT2D eigenvalue weighted by Gasteiger charge is -2.18. The molecule has 0 amide bonds. The standard InChI is InChI=1S/C9H19N5O/c1-7(15-4)5-8(10-2)6-9-11-13-14(3)12-9/h7-8,10H,5-6H2,1-4H3. The number of rotatable bonds is 6. The van der Waals surface area contributed by atoms with Crippen LogP contribution in [0.15, 0.2) is 0 Å². The van der Waals surface area contributed by atoms with Crippen molar-refractivity contribution >= 4 is 0 Å². The summed E-state index contributed by atoms with van der Waals surface area (Å²) in [5.74, 6) is 0.764. The highest BCUT2D eigenvalue weighted by molar-refractivity contribution is 4.84. The van der Waals surface area contributed by atoms with Crippen molar-refractivity contribution < 1.29 is 4.74 Å². The van der Waals surface area contributed by atoms with Crippen LogP contribution in [-0.2, 0) is 18.2 Å². The van der Waals surface area contributed by atoms with Crippen LogP contribution >= 0.6 is 0 Å². The zero-order chi connectivity index (χ0) is 11.3. The molecule has 1 N–H and O–H groups in total. The third kappa shape index (κ3) is 3.93. The molecule has 15 heavy (non-hydrogen) atoms. The van der Waals surface area contributed by atoms with Crippen molar-refractivity contribution in [2.24, 2.45) is 7.05 Å². The molecule has 0 bridgehead atoms. The summed E-state index contributed by atoms with van der Waals surface area (Å²) >= 11 is 0. The number of ether oxygens (including phenoxy) is 1. The first kappa shape index (κ1) is 12.1. The lowest BCUT2D eigenvalue weighted by atomic mass is 10.1. The van der Waals surface area contributed by atoms with Crippen LogP contribution in [0.4, 0.5) is 0 Å². The molecule has 0 aliphatic rings. The minimum atomic E-state index is 0.235.